The first-order valence-electron chi connectivity index (χ1n) is 10.9. The molecule has 8 heteroatoms. The molecule has 0 aliphatic carbocycles. The number of nitrogens with zero attached hydrogens (tertiary/aromatic N) is 4. The second kappa shape index (κ2) is 10.5. The summed E-state index contributed by atoms with van der Waals surface area (Å²) in [5, 5.41) is 12.4. The Kier molecular flexibility index (Phi) is 7.24. The fraction of sp³-hybridized carbons (Fsp3) is 0.333. The number of benzene rings is 2. The van der Waals surface area contributed by atoms with Crippen molar-refractivity contribution in [3.8, 4) is 10.6 Å². The van der Waals surface area contributed by atoms with E-state index < -0.39 is 0 Å². The molecule has 0 saturated carbocycles. The van der Waals surface area contributed by atoms with Crippen molar-refractivity contribution in [2.75, 3.05) is 38.0 Å². The monoisotopic (exact) mass is 449 g/mol. The van der Waals surface area contributed by atoms with Gasteiger partial charge in [-0.2, -0.15) is 0 Å². The molecule has 1 aromatic heterocycles. The second-order valence-electron chi connectivity index (χ2n) is 7.80. The van der Waals surface area contributed by atoms with E-state index in [9.17, 15) is 9.59 Å². The van der Waals surface area contributed by atoms with Gasteiger partial charge in [-0.15, -0.1) is 10.2 Å². The summed E-state index contributed by atoms with van der Waals surface area (Å²) in [5.41, 5.74) is 2.04. The van der Waals surface area contributed by atoms with Crippen molar-refractivity contribution in [1.29, 1.82) is 0 Å². The molecule has 1 atom stereocenters. The summed E-state index contributed by atoms with van der Waals surface area (Å²) in [5.74, 6) is -0.0522. The molecule has 0 bridgehead atoms. The van der Waals surface area contributed by atoms with Gasteiger partial charge in [0, 0.05) is 31.7 Å². The number of nitrogens with one attached hydrogen (secondary N) is 1. The van der Waals surface area contributed by atoms with Crippen molar-refractivity contribution in [3.63, 3.8) is 0 Å². The molecule has 4 rings (SSSR count). The summed E-state index contributed by atoms with van der Waals surface area (Å²) in [6, 6.07) is 19.7. The lowest BCUT2D eigenvalue weighted by Crippen LogP contribution is -2.51. The maximum absolute atomic E-state index is 13.0. The number of carbonyl (C=O) groups is 2. The predicted octanol–water partition coefficient (Wildman–Crippen LogP) is 3.48. The topological polar surface area (TPSA) is 78.4 Å². The van der Waals surface area contributed by atoms with Crippen LogP contribution in [0, 0.1) is 0 Å². The molecular weight excluding hydrogens is 422 g/mol. The van der Waals surface area contributed by atoms with E-state index in [1.165, 1.54) is 11.3 Å². The summed E-state index contributed by atoms with van der Waals surface area (Å²) >= 11 is 1.36. The largest absolute Gasteiger partial charge is 0.340 e. The number of amides is 2. The third-order valence-corrected chi connectivity index (χ3v) is 6.54. The van der Waals surface area contributed by atoms with Crippen molar-refractivity contribution in [2.24, 2.45) is 0 Å². The van der Waals surface area contributed by atoms with Gasteiger partial charge >= 0.3 is 0 Å². The lowest BCUT2D eigenvalue weighted by molar-refractivity contribution is -0.134. The molecule has 2 amide bonds. The van der Waals surface area contributed by atoms with Crippen LogP contribution in [0.5, 0.6) is 0 Å². The first-order chi connectivity index (χ1) is 15.6. The van der Waals surface area contributed by atoms with Crippen LogP contribution in [0.25, 0.3) is 10.6 Å². The zero-order valence-corrected chi connectivity index (χ0v) is 18.9. The highest BCUT2D eigenvalue weighted by atomic mass is 32.1. The number of piperazine rings is 1. The maximum Gasteiger partial charge on any atom is 0.240 e. The van der Waals surface area contributed by atoms with Gasteiger partial charge in [0.2, 0.25) is 16.9 Å². The van der Waals surface area contributed by atoms with Gasteiger partial charge in [0.1, 0.15) is 5.01 Å². The number of anilines is 1. The Balaban J connectivity index is 1.26. The van der Waals surface area contributed by atoms with Crippen LogP contribution in [0.1, 0.15) is 24.8 Å². The van der Waals surface area contributed by atoms with Crippen molar-refractivity contribution < 1.29 is 9.59 Å². The van der Waals surface area contributed by atoms with Crippen LogP contribution in [0.2, 0.25) is 0 Å². The normalized spacial score (nSPS) is 15.3. The minimum Gasteiger partial charge on any atom is -0.340 e. The molecule has 0 unspecified atom stereocenters. The SMILES string of the molecule is CC[C@@H](C(=O)N1CCN(CC(=O)Nc2nnc(-c3ccccc3)s2)CC1)c1ccccc1. The van der Waals surface area contributed by atoms with Gasteiger partial charge in [0.25, 0.3) is 0 Å². The van der Waals surface area contributed by atoms with E-state index in [2.05, 4.69) is 20.4 Å². The minimum absolute atomic E-state index is 0.109. The Morgan fingerprint density at radius 2 is 1.62 bits per heavy atom. The Morgan fingerprint density at radius 1 is 0.969 bits per heavy atom. The highest BCUT2D eigenvalue weighted by molar-refractivity contribution is 7.18. The van der Waals surface area contributed by atoms with Crippen molar-refractivity contribution in [2.45, 2.75) is 19.3 Å². The molecular formula is C24H27N5O2S. The van der Waals surface area contributed by atoms with Gasteiger partial charge in [0.05, 0.1) is 12.5 Å². The van der Waals surface area contributed by atoms with E-state index in [1.807, 2.05) is 72.5 Å². The molecule has 1 N–H and O–H groups in total. The molecule has 1 fully saturated rings. The Labute approximate surface area is 192 Å². The van der Waals surface area contributed by atoms with Crippen LogP contribution < -0.4 is 5.32 Å². The van der Waals surface area contributed by atoms with Crippen LogP contribution >= 0.6 is 11.3 Å². The van der Waals surface area contributed by atoms with Crippen molar-refractivity contribution in [1.82, 2.24) is 20.0 Å². The van der Waals surface area contributed by atoms with Crippen LogP contribution in [0.15, 0.2) is 60.7 Å². The third kappa shape index (κ3) is 5.38. The Bertz CT molecular complexity index is 1030. The minimum atomic E-state index is -0.115. The molecule has 32 heavy (non-hydrogen) atoms. The zero-order chi connectivity index (χ0) is 22.3. The van der Waals surface area contributed by atoms with E-state index in [-0.39, 0.29) is 24.3 Å². The fourth-order valence-corrected chi connectivity index (χ4v) is 4.68. The lowest BCUT2D eigenvalue weighted by Gasteiger charge is -2.36. The van der Waals surface area contributed by atoms with E-state index in [0.717, 1.165) is 22.6 Å². The molecule has 2 aromatic carbocycles. The standard InChI is InChI=1S/C24H27N5O2S/c1-2-20(18-9-5-3-6-10-18)23(31)29-15-13-28(14-16-29)17-21(30)25-24-27-26-22(32-24)19-11-7-4-8-12-19/h3-12,20H,2,13-17H2,1H3,(H,25,27,30)/t20-/m1/s1. The molecule has 3 aromatic rings. The molecule has 2 heterocycles. The van der Waals surface area contributed by atoms with Crippen LogP contribution in [-0.4, -0.2) is 64.5 Å². The lowest BCUT2D eigenvalue weighted by atomic mass is 9.95. The van der Waals surface area contributed by atoms with E-state index in [0.29, 0.717) is 31.3 Å². The van der Waals surface area contributed by atoms with Crippen LogP contribution in [-0.2, 0) is 9.59 Å². The van der Waals surface area contributed by atoms with Crippen molar-refractivity contribution >= 4 is 28.3 Å². The summed E-state index contributed by atoms with van der Waals surface area (Å²) in [6.45, 7) is 4.94. The number of aromatic nitrogens is 2. The molecule has 166 valence electrons. The predicted molar refractivity (Wildman–Crippen MR) is 126 cm³/mol. The van der Waals surface area contributed by atoms with Gasteiger partial charge in [0.15, 0.2) is 0 Å². The first kappa shape index (κ1) is 22.1. The summed E-state index contributed by atoms with van der Waals surface area (Å²) < 4.78 is 0. The quantitative estimate of drug-likeness (QED) is 0.598. The highest BCUT2D eigenvalue weighted by Gasteiger charge is 2.28. The Hall–Kier alpha value is -3.10. The first-order valence-corrected chi connectivity index (χ1v) is 11.7. The molecule has 1 saturated heterocycles. The third-order valence-electron chi connectivity index (χ3n) is 5.65. The molecule has 1 aliphatic heterocycles. The Morgan fingerprint density at radius 3 is 2.28 bits per heavy atom. The second-order valence-corrected chi connectivity index (χ2v) is 8.78. The molecule has 7 nitrogen and oxygen atoms in total. The van der Waals surface area contributed by atoms with Crippen LogP contribution in [0.3, 0.4) is 0 Å². The average molecular weight is 450 g/mol. The number of hydrogen-bond acceptors (Lipinski definition) is 6. The zero-order valence-electron chi connectivity index (χ0n) is 18.1. The summed E-state index contributed by atoms with van der Waals surface area (Å²) in [7, 11) is 0. The smallest absolute Gasteiger partial charge is 0.240 e. The highest BCUT2D eigenvalue weighted by Crippen LogP contribution is 2.26. The van der Waals surface area contributed by atoms with Gasteiger partial charge in [-0.05, 0) is 12.0 Å². The van der Waals surface area contributed by atoms with Gasteiger partial charge in [-0.25, -0.2) is 0 Å². The van der Waals surface area contributed by atoms with E-state index in [4.69, 9.17) is 0 Å². The molecule has 0 spiro atoms. The van der Waals surface area contributed by atoms with Gasteiger partial charge in [-0.1, -0.05) is 78.9 Å². The summed E-state index contributed by atoms with van der Waals surface area (Å²) in [6.07, 6.45) is 0.776. The number of hydrogen-bond donors (Lipinski definition) is 1. The summed E-state index contributed by atoms with van der Waals surface area (Å²) in [4.78, 5) is 29.5. The van der Waals surface area contributed by atoms with Crippen molar-refractivity contribution in [3.05, 3.63) is 66.2 Å². The van der Waals surface area contributed by atoms with Crippen LogP contribution in [0.4, 0.5) is 5.13 Å². The average Bonchev–Trinajstić information content (AvgIpc) is 3.29. The molecule has 1 aliphatic rings. The number of carbonyl (C=O) groups excluding carboxylic acids is 2. The van der Waals surface area contributed by atoms with E-state index >= 15 is 0 Å². The van der Waals surface area contributed by atoms with Gasteiger partial charge < -0.3 is 4.90 Å². The molecule has 0 radical (unpaired) electrons. The maximum atomic E-state index is 13.0. The fourth-order valence-electron chi connectivity index (χ4n) is 3.92. The van der Waals surface area contributed by atoms with E-state index in [1.54, 1.807) is 0 Å². The number of rotatable bonds is 7. The van der Waals surface area contributed by atoms with Gasteiger partial charge in [-0.3, -0.25) is 19.8 Å².